The van der Waals surface area contributed by atoms with E-state index in [-0.39, 0.29) is 23.5 Å². The second-order valence-electron chi connectivity index (χ2n) is 5.52. The zero-order valence-electron chi connectivity index (χ0n) is 13.2. The van der Waals surface area contributed by atoms with Crippen LogP contribution in [0.1, 0.15) is 42.7 Å². The highest BCUT2D eigenvalue weighted by atomic mass is 16.3. The third-order valence-corrected chi connectivity index (χ3v) is 3.71. The number of nitrogens with zero attached hydrogens (tertiary/aromatic N) is 1. The average molecular weight is 321 g/mol. The molecule has 7 nitrogen and oxygen atoms in total. The Balaban J connectivity index is 1.47. The summed E-state index contributed by atoms with van der Waals surface area (Å²) in [5.74, 6) is 0.172. The fourth-order valence-corrected chi connectivity index (χ4v) is 2.47. The molecule has 2 heterocycles. The summed E-state index contributed by atoms with van der Waals surface area (Å²) >= 11 is 0. The molecule has 1 aliphatic rings. The molecular weight excluding hydrogens is 298 g/mol. The molecule has 1 aromatic rings. The zero-order valence-corrected chi connectivity index (χ0v) is 13.2. The molecule has 0 aromatic carbocycles. The molecule has 0 bridgehead atoms. The molecular formula is C16H23N3O4. The molecule has 2 N–H and O–H groups in total. The lowest BCUT2D eigenvalue weighted by molar-refractivity contribution is -0.127. The van der Waals surface area contributed by atoms with Crippen molar-refractivity contribution in [2.45, 2.75) is 32.1 Å². The van der Waals surface area contributed by atoms with Crippen LogP contribution in [0.2, 0.25) is 0 Å². The smallest absolute Gasteiger partial charge is 0.286 e. The fourth-order valence-electron chi connectivity index (χ4n) is 2.47. The Morgan fingerprint density at radius 2 is 2.04 bits per heavy atom. The molecule has 0 radical (unpaired) electrons. The van der Waals surface area contributed by atoms with Crippen molar-refractivity contribution in [2.75, 3.05) is 26.2 Å². The van der Waals surface area contributed by atoms with Crippen LogP contribution in [0, 0.1) is 0 Å². The van der Waals surface area contributed by atoms with E-state index in [0.717, 1.165) is 19.4 Å². The van der Waals surface area contributed by atoms with E-state index in [1.54, 1.807) is 12.1 Å². The summed E-state index contributed by atoms with van der Waals surface area (Å²) in [6, 6.07) is 3.24. The number of hydrogen-bond acceptors (Lipinski definition) is 4. The van der Waals surface area contributed by atoms with Gasteiger partial charge < -0.3 is 20.0 Å². The first-order valence-corrected chi connectivity index (χ1v) is 8.03. The molecule has 23 heavy (non-hydrogen) atoms. The van der Waals surface area contributed by atoms with Crippen LogP contribution in [-0.4, -0.2) is 48.8 Å². The number of amides is 3. The van der Waals surface area contributed by atoms with Gasteiger partial charge in [-0.15, -0.1) is 0 Å². The number of carbonyl (C=O) groups excluding carboxylic acids is 3. The van der Waals surface area contributed by atoms with E-state index in [1.807, 2.05) is 4.90 Å². The SMILES string of the molecule is O=C(CCCNC(=O)c1ccco1)NCCCN1CCCC1=O. The van der Waals surface area contributed by atoms with Crippen LogP contribution in [0.15, 0.2) is 22.8 Å². The van der Waals surface area contributed by atoms with Gasteiger partial charge in [-0.3, -0.25) is 14.4 Å². The van der Waals surface area contributed by atoms with Gasteiger partial charge in [-0.05, 0) is 31.4 Å². The van der Waals surface area contributed by atoms with Crippen molar-refractivity contribution in [1.29, 1.82) is 0 Å². The van der Waals surface area contributed by atoms with Crippen LogP contribution in [0.3, 0.4) is 0 Å². The third kappa shape index (κ3) is 5.77. The Kier molecular flexibility index (Phi) is 6.65. The van der Waals surface area contributed by atoms with Crippen molar-refractivity contribution >= 4 is 17.7 Å². The van der Waals surface area contributed by atoms with Gasteiger partial charge >= 0.3 is 0 Å². The summed E-state index contributed by atoms with van der Waals surface area (Å²) in [6.45, 7) is 2.54. The monoisotopic (exact) mass is 321 g/mol. The molecule has 1 aromatic heterocycles. The molecule has 7 heteroatoms. The van der Waals surface area contributed by atoms with Crippen molar-refractivity contribution < 1.29 is 18.8 Å². The van der Waals surface area contributed by atoms with Gasteiger partial charge in [0, 0.05) is 39.0 Å². The quantitative estimate of drug-likeness (QED) is 0.662. The van der Waals surface area contributed by atoms with Gasteiger partial charge in [0.1, 0.15) is 0 Å². The highest BCUT2D eigenvalue weighted by Gasteiger charge is 2.18. The summed E-state index contributed by atoms with van der Waals surface area (Å²) in [7, 11) is 0. The van der Waals surface area contributed by atoms with Crippen molar-refractivity contribution in [2.24, 2.45) is 0 Å². The second-order valence-corrected chi connectivity index (χ2v) is 5.52. The van der Waals surface area contributed by atoms with Gasteiger partial charge in [0.2, 0.25) is 11.8 Å². The summed E-state index contributed by atoms with van der Waals surface area (Å²) in [4.78, 5) is 36.5. The lowest BCUT2D eigenvalue weighted by Crippen LogP contribution is -2.31. The average Bonchev–Trinajstić information content (AvgIpc) is 3.20. The number of nitrogens with one attached hydrogen (secondary N) is 2. The highest BCUT2D eigenvalue weighted by Crippen LogP contribution is 2.09. The van der Waals surface area contributed by atoms with Crippen LogP contribution in [-0.2, 0) is 9.59 Å². The molecule has 2 rings (SSSR count). The minimum atomic E-state index is -0.273. The van der Waals surface area contributed by atoms with Gasteiger partial charge in [0.25, 0.3) is 5.91 Å². The van der Waals surface area contributed by atoms with Gasteiger partial charge in [-0.25, -0.2) is 0 Å². The molecule has 1 saturated heterocycles. The Morgan fingerprint density at radius 1 is 1.22 bits per heavy atom. The van der Waals surface area contributed by atoms with Crippen LogP contribution in [0.4, 0.5) is 0 Å². The first-order valence-electron chi connectivity index (χ1n) is 8.03. The maximum atomic E-state index is 11.7. The lowest BCUT2D eigenvalue weighted by atomic mass is 10.3. The Labute approximate surface area is 135 Å². The fraction of sp³-hybridized carbons (Fsp3) is 0.562. The molecule has 0 saturated carbocycles. The van der Waals surface area contributed by atoms with Crippen molar-refractivity contribution in [3.8, 4) is 0 Å². The van der Waals surface area contributed by atoms with Crippen molar-refractivity contribution in [1.82, 2.24) is 15.5 Å². The molecule has 1 aliphatic heterocycles. The molecule has 3 amide bonds. The Bertz CT molecular complexity index is 527. The summed E-state index contributed by atoms with van der Waals surface area (Å²) in [6.07, 6.45) is 4.74. The van der Waals surface area contributed by atoms with Crippen LogP contribution >= 0.6 is 0 Å². The van der Waals surface area contributed by atoms with E-state index < -0.39 is 0 Å². The summed E-state index contributed by atoms with van der Waals surface area (Å²) < 4.78 is 4.97. The van der Waals surface area contributed by atoms with Crippen molar-refractivity contribution in [3.63, 3.8) is 0 Å². The lowest BCUT2D eigenvalue weighted by Gasteiger charge is -2.15. The number of furan rings is 1. The van der Waals surface area contributed by atoms with Gasteiger partial charge in [0.15, 0.2) is 5.76 Å². The van der Waals surface area contributed by atoms with Crippen molar-refractivity contribution in [3.05, 3.63) is 24.2 Å². The first-order chi connectivity index (χ1) is 11.2. The van der Waals surface area contributed by atoms with E-state index in [0.29, 0.717) is 38.9 Å². The van der Waals surface area contributed by atoms with E-state index in [1.165, 1.54) is 6.26 Å². The number of likely N-dealkylation sites (tertiary alicyclic amines) is 1. The largest absolute Gasteiger partial charge is 0.459 e. The van der Waals surface area contributed by atoms with Crippen LogP contribution < -0.4 is 10.6 Å². The van der Waals surface area contributed by atoms with Crippen LogP contribution in [0.5, 0.6) is 0 Å². The molecule has 1 fully saturated rings. The maximum absolute atomic E-state index is 11.7. The van der Waals surface area contributed by atoms with E-state index >= 15 is 0 Å². The molecule has 126 valence electrons. The van der Waals surface area contributed by atoms with E-state index in [4.69, 9.17) is 4.42 Å². The predicted octanol–water partition coefficient (Wildman–Crippen LogP) is 0.918. The number of hydrogen-bond donors (Lipinski definition) is 2. The first kappa shape index (κ1) is 17.1. The minimum Gasteiger partial charge on any atom is -0.459 e. The number of rotatable bonds is 9. The number of carbonyl (C=O) groups is 3. The summed E-state index contributed by atoms with van der Waals surface area (Å²) in [5, 5.41) is 5.52. The zero-order chi connectivity index (χ0) is 16.5. The summed E-state index contributed by atoms with van der Waals surface area (Å²) in [5.41, 5.74) is 0. The van der Waals surface area contributed by atoms with Gasteiger partial charge in [-0.1, -0.05) is 0 Å². The Morgan fingerprint density at radius 3 is 2.74 bits per heavy atom. The molecule has 0 aliphatic carbocycles. The third-order valence-electron chi connectivity index (χ3n) is 3.71. The van der Waals surface area contributed by atoms with Gasteiger partial charge in [0.05, 0.1) is 6.26 Å². The predicted molar refractivity (Wildman–Crippen MR) is 83.7 cm³/mol. The normalized spacial score (nSPS) is 14.1. The molecule has 0 unspecified atom stereocenters. The molecule has 0 atom stereocenters. The van der Waals surface area contributed by atoms with E-state index in [2.05, 4.69) is 10.6 Å². The Hall–Kier alpha value is -2.31. The maximum Gasteiger partial charge on any atom is 0.286 e. The minimum absolute atomic E-state index is 0.0370. The second kappa shape index (κ2) is 8.97. The highest BCUT2D eigenvalue weighted by molar-refractivity contribution is 5.91. The topological polar surface area (TPSA) is 91.7 Å². The standard InChI is InChI=1S/C16H23N3O4/c20-14(17-9-4-11-19-10-2-7-15(19)21)6-1-8-18-16(22)13-5-3-12-23-13/h3,5,12H,1-2,4,6-11H2,(H,17,20)(H,18,22). The van der Waals surface area contributed by atoms with Gasteiger partial charge in [-0.2, -0.15) is 0 Å². The van der Waals surface area contributed by atoms with Crippen LogP contribution in [0.25, 0.3) is 0 Å². The van der Waals surface area contributed by atoms with E-state index in [9.17, 15) is 14.4 Å². The molecule has 0 spiro atoms.